The molecule has 0 spiro atoms. The summed E-state index contributed by atoms with van der Waals surface area (Å²) in [6, 6.07) is 11.2. The molecular weight excluding hydrogens is 662 g/mol. The van der Waals surface area contributed by atoms with Gasteiger partial charge in [0.15, 0.2) is 0 Å². The largest absolute Gasteiger partial charge is 0.497 e. The van der Waals surface area contributed by atoms with Crippen molar-refractivity contribution >= 4 is 29.5 Å². The fraction of sp³-hybridized carbons (Fsp3) is 0.575. The Morgan fingerprint density at radius 2 is 1.62 bits per heavy atom. The van der Waals surface area contributed by atoms with Crippen LogP contribution in [0.4, 0.5) is 0 Å². The van der Waals surface area contributed by atoms with Gasteiger partial charge in [0.05, 0.1) is 19.7 Å². The predicted molar refractivity (Wildman–Crippen MR) is 196 cm³/mol. The van der Waals surface area contributed by atoms with Crippen molar-refractivity contribution in [3.05, 3.63) is 59.7 Å². The molecule has 6 rings (SSSR count). The first-order valence-electron chi connectivity index (χ1n) is 18.8. The number of benzene rings is 2. The SMILES string of the molecule is COc1ccc(C[C@@H]2NC(=O)[C@@H](NC(=O)C3CCCC3)Cc3ccc(cc3)OC[C@H](CC(C)C)NC(=O)CN(CC3CC3)C(=O)[C@@H](C)NC2=O)cc1. The molecule has 4 atom stereocenters. The summed E-state index contributed by atoms with van der Waals surface area (Å²) < 4.78 is 11.4. The van der Waals surface area contributed by atoms with Crippen LogP contribution in [0.3, 0.4) is 0 Å². The van der Waals surface area contributed by atoms with E-state index >= 15 is 0 Å². The Labute approximate surface area is 307 Å². The molecule has 52 heavy (non-hydrogen) atoms. The Hall–Kier alpha value is -4.61. The van der Waals surface area contributed by atoms with E-state index in [1.54, 1.807) is 26.2 Å². The van der Waals surface area contributed by atoms with Crippen molar-refractivity contribution in [3.63, 3.8) is 0 Å². The predicted octanol–water partition coefficient (Wildman–Crippen LogP) is 3.31. The zero-order valence-electron chi connectivity index (χ0n) is 31.0. The molecule has 0 radical (unpaired) electrons. The lowest BCUT2D eigenvalue weighted by atomic mass is 10.0. The van der Waals surface area contributed by atoms with E-state index in [0.29, 0.717) is 30.4 Å². The van der Waals surface area contributed by atoms with E-state index in [1.165, 1.54) is 4.90 Å². The van der Waals surface area contributed by atoms with Gasteiger partial charge in [0.25, 0.3) is 0 Å². The van der Waals surface area contributed by atoms with Crippen LogP contribution in [0.1, 0.15) is 76.8 Å². The van der Waals surface area contributed by atoms with Crippen LogP contribution < -0.4 is 30.7 Å². The second-order valence-corrected chi connectivity index (χ2v) is 15.1. The molecule has 0 unspecified atom stereocenters. The van der Waals surface area contributed by atoms with E-state index < -0.39 is 29.9 Å². The number of hydrogen-bond donors (Lipinski definition) is 4. The van der Waals surface area contributed by atoms with Crippen LogP contribution >= 0.6 is 0 Å². The van der Waals surface area contributed by atoms with Gasteiger partial charge < -0.3 is 35.6 Å². The first kappa shape index (κ1) is 38.6. The molecule has 2 aliphatic carbocycles. The van der Waals surface area contributed by atoms with Gasteiger partial charge in [0.2, 0.25) is 29.5 Å². The van der Waals surface area contributed by atoms with Gasteiger partial charge in [-0.3, -0.25) is 24.0 Å². The van der Waals surface area contributed by atoms with Crippen molar-refractivity contribution in [3.8, 4) is 11.5 Å². The average Bonchev–Trinajstić information content (AvgIpc) is 3.76. The summed E-state index contributed by atoms with van der Waals surface area (Å²) in [5.41, 5.74) is 1.56. The van der Waals surface area contributed by atoms with Gasteiger partial charge >= 0.3 is 0 Å². The van der Waals surface area contributed by atoms with Crippen LogP contribution in [-0.4, -0.2) is 85.4 Å². The summed E-state index contributed by atoms with van der Waals surface area (Å²) in [7, 11) is 1.57. The Kier molecular flexibility index (Phi) is 13.5. The molecule has 2 aromatic carbocycles. The number of hydrogen-bond acceptors (Lipinski definition) is 7. The molecule has 5 amide bonds. The quantitative estimate of drug-likeness (QED) is 0.290. The third-order valence-electron chi connectivity index (χ3n) is 10.1. The summed E-state index contributed by atoms with van der Waals surface area (Å²) in [5, 5.41) is 11.8. The van der Waals surface area contributed by atoms with E-state index in [0.717, 1.165) is 49.7 Å². The number of nitrogens with zero attached hydrogens (tertiary/aromatic N) is 1. The first-order valence-corrected chi connectivity index (χ1v) is 18.8. The number of fused-ring (bicyclic) bond motifs is 17. The molecule has 2 fully saturated rings. The zero-order valence-corrected chi connectivity index (χ0v) is 31.0. The van der Waals surface area contributed by atoms with Gasteiger partial charge in [0.1, 0.15) is 36.2 Å². The van der Waals surface area contributed by atoms with E-state index in [2.05, 4.69) is 35.1 Å². The second kappa shape index (κ2) is 18.2. The molecule has 0 saturated heterocycles. The fourth-order valence-corrected chi connectivity index (χ4v) is 7.00. The average molecular weight is 718 g/mol. The standard InChI is InChI=1S/C40H55N5O7/c1-25(2)19-31-24-52-33-17-13-28(14-18-33)21-35(43-37(47)30-7-5-6-8-30)39(49)44-34(20-27-11-15-32(51-4)16-12-27)38(48)41-26(3)40(50)45(22-29-9-10-29)23-36(46)42-31/h11-18,25-26,29-31,34-35H,5-10,19-24H2,1-4H3,(H,41,48)(H,42,46)(H,43,47)(H,44,49)/t26-,31+,34+,35+/m1/s1. The van der Waals surface area contributed by atoms with Crippen molar-refractivity contribution in [1.29, 1.82) is 0 Å². The van der Waals surface area contributed by atoms with Crippen LogP contribution in [0.5, 0.6) is 11.5 Å². The Morgan fingerprint density at radius 1 is 0.923 bits per heavy atom. The minimum absolute atomic E-state index is 0.128. The number of nitrogens with one attached hydrogen (secondary N) is 4. The summed E-state index contributed by atoms with van der Waals surface area (Å²) in [6.07, 6.45) is 6.44. The highest BCUT2D eigenvalue weighted by Gasteiger charge is 2.34. The van der Waals surface area contributed by atoms with Gasteiger partial charge in [-0.1, -0.05) is 51.0 Å². The highest BCUT2D eigenvalue weighted by molar-refractivity contribution is 5.95. The van der Waals surface area contributed by atoms with E-state index in [9.17, 15) is 24.0 Å². The molecule has 282 valence electrons. The van der Waals surface area contributed by atoms with E-state index in [-0.39, 0.29) is 61.6 Å². The highest BCUT2D eigenvalue weighted by atomic mass is 16.5. The lowest BCUT2D eigenvalue weighted by Gasteiger charge is -2.29. The number of methoxy groups -OCH3 is 1. The highest BCUT2D eigenvalue weighted by Crippen LogP contribution is 2.30. The van der Waals surface area contributed by atoms with Gasteiger partial charge in [-0.05, 0) is 86.3 Å². The van der Waals surface area contributed by atoms with Crippen molar-refractivity contribution < 1.29 is 33.4 Å². The summed E-state index contributed by atoms with van der Waals surface area (Å²) in [5.74, 6) is -0.201. The molecule has 4 N–H and O–H groups in total. The third-order valence-corrected chi connectivity index (χ3v) is 10.1. The second-order valence-electron chi connectivity index (χ2n) is 15.1. The fourth-order valence-electron chi connectivity index (χ4n) is 7.00. The van der Waals surface area contributed by atoms with Gasteiger partial charge in [0, 0.05) is 25.3 Å². The third kappa shape index (κ3) is 11.4. The molecular formula is C40H55N5O7. The molecule has 2 saturated carbocycles. The van der Waals surface area contributed by atoms with Crippen molar-refractivity contribution in [2.24, 2.45) is 17.8 Å². The molecule has 2 aliphatic heterocycles. The maximum Gasteiger partial charge on any atom is 0.245 e. The number of carbonyl (C=O) groups excluding carboxylic acids is 5. The smallest absolute Gasteiger partial charge is 0.245 e. The Balaban J connectivity index is 1.45. The van der Waals surface area contributed by atoms with Crippen LogP contribution in [0.2, 0.25) is 0 Å². The van der Waals surface area contributed by atoms with Crippen molar-refractivity contribution in [1.82, 2.24) is 26.2 Å². The minimum Gasteiger partial charge on any atom is -0.497 e. The van der Waals surface area contributed by atoms with Gasteiger partial charge in [-0.2, -0.15) is 0 Å². The molecule has 2 bridgehead atoms. The number of carbonyl (C=O) groups is 5. The van der Waals surface area contributed by atoms with Crippen LogP contribution in [-0.2, 0) is 36.8 Å². The maximum absolute atomic E-state index is 14.1. The van der Waals surface area contributed by atoms with Crippen LogP contribution in [0.15, 0.2) is 48.5 Å². The lowest BCUT2D eigenvalue weighted by Crippen LogP contribution is -2.58. The Bertz CT molecular complexity index is 1540. The molecule has 4 aliphatic rings. The number of rotatable bonds is 9. The van der Waals surface area contributed by atoms with Crippen molar-refractivity contribution in [2.45, 2.75) is 103 Å². The van der Waals surface area contributed by atoms with E-state index in [1.807, 2.05) is 36.4 Å². The maximum atomic E-state index is 14.1. The topological polar surface area (TPSA) is 155 Å². The van der Waals surface area contributed by atoms with Gasteiger partial charge in [-0.25, -0.2) is 0 Å². The first-order chi connectivity index (χ1) is 25.0. The molecule has 12 nitrogen and oxygen atoms in total. The summed E-state index contributed by atoms with van der Waals surface area (Å²) in [4.78, 5) is 70.2. The van der Waals surface area contributed by atoms with E-state index in [4.69, 9.17) is 9.47 Å². The summed E-state index contributed by atoms with van der Waals surface area (Å²) >= 11 is 0. The zero-order chi connectivity index (χ0) is 37.2. The summed E-state index contributed by atoms with van der Waals surface area (Å²) in [6.45, 7) is 6.26. The Morgan fingerprint density at radius 3 is 2.25 bits per heavy atom. The molecule has 2 aromatic rings. The van der Waals surface area contributed by atoms with Crippen molar-refractivity contribution in [2.75, 3.05) is 26.8 Å². The monoisotopic (exact) mass is 717 g/mol. The minimum atomic E-state index is -1.07. The number of ether oxygens (including phenoxy) is 2. The van der Waals surface area contributed by atoms with Crippen LogP contribution in [0.25, 0.3) is 0 Å². The number of amides is 5. The molecule has 12 heteroatoms. The lowest BCUT2D eigenvalue weighted by molar-refractivity contribution is -0.140. The van der Waals surface area contributed by atoms with Gasteiger partial charge in [-0.15, -0.1) is 0 Å². The van der Waals surface area contributed by atoms with Crippen LogP contribution in [0, 0.1) is 17.8 Å². The molecule has 0 aromatic heterocycles. The normalized spacial score (nSPS) is 24.1. The molecule has 2 heterocycles.